The number of nitrogens with one attached hydrogen (secondary N) is 2. The zero-order valence-corrected chi connectivity index (χ0v) is 12.1. The molecular weight excluding hydrogens is 246 g/mol. The van der Waals surface area contributed by atoms with Crippen LogP contribution in [0.5, 0.6) is 0 Å². The van der Waals surface area contributed by atoms with Gasteiger partial charge in [0.1, 0.15) is 0 Å². The average molecular weight is 271 g/mol. The summed E-state index contributed by atoms with van der Waals surface area (Å²) in [5.41, 5.74) is 2.82. The van der Waals surface area contributed by atoms with E-state index in [2.05, 4.69) is 39.8 Å². The summed E-state index contributed by atoms with van der Waals surface area (Å²) in [7, 11) is 0. The van der Waals surface area contributed by atoms with Gasteiger partial charge in [0.2, 0.25) is 0 Å². The van der Waals surface area contributed by atoms with Gasteiger partial charge in [-0.2, -0.15) is 0 Å². The van der Waals surface area contributed by atoms with Crippen molar-refractivity contribution in [2.24, 2.45) is 5.92 Å². The minimum Gasteiger partial charge on any atom is -0.384 e. The molecule has 108 valence electrons. The molecular formula is C17H25N3. The maximum Gasteiger partial charge on any atom is 0.0372 e. The normalized spacial score (nSPS) is 30.0. The minimum atomic E-state index is 0.729. The van der Waals surface area contributed by atoms with Gasteiger partial charge in [0, 0.05) is 44.0 Å². The summed E-state index contributed by atoms with van der Waals surface area (Å²) in [5.74, 6) is 0.736. The number of benzene rings is 1. The topological polar surface area (TPSA) is 27.3 Å². The fourth-order valence-corrected chi connectivity index (χ4v) is 3.71. The molecule has 2 N–H and O–H groups in total. The van der Waals surface area contributed by atoms with E-state index in [0.29, 0.717) is 0 Å². The molecule has 1 saturated carbocycles. The van der Waals surface area contributed by atoms with Gasteiger partial charge in [0.25, 0.3) is 0 Å². The van der Waals surface area contributed by atoms with Gasteiger partial charge in [0.15, 0.2) is 0 Å². The average Bonchev–Trinajstić information content (AvgIpc) is 3.24. The number of fused-ring (bicyclic) bond motifs is 1. The first-order valence-electron chi connectivity index (χ1n) is 8.18. The highest BCUT2D eigenvalue weighted by Gasteiger charge is 2.34. The Morgan fingerprint density at radius 3 is 3.00 bits per heavy atom. The highest BCUT2D eigenvalue weighted by atomic mass is 15.2. The van der Waals surface area contributed by atoms with Crippen LogP contribution in [-0.2, 0) is 6.42 Å². The first-order chi connectivity index (χ1) is 9.88. The zero-order chi connectivity index (χ0) is 13.4. The predicted octanol–water partition coefficient (Wildman–Crippen LogP) is 2.10. The third-order valence-corrected chi connectivity index (χ3v) is 5.09. The van der Waals surface area contributed by atoms with Crippen LogP contribution in [0.1, 0.15) is 24.8 Å². The maximum absolute atomic E-state index is 3.81. The Morgan fingerprint density at radius 1 is 1.20 bits per heavy atom. The number of rotatable bonds is 4. The molecule has 4 rings (SSSR count). The third-order valence-electron chi connectivity index (χ3n) is 5.09. The number of nitrogens with zero attached hydrogens (tertiary/aromatic N) is 1. The molecule has 2 heterocycles. The van der Waals surface area contributed by atoms with Gasteiger partial charge in [-0.05, 0) is 43.2 Å². The Morgan fingerprint density at radius 2 is 2.10 bits per heavy atom. The minimum absolute atomic E-state index is 0.729. The number of likely N-dealkylation sites (tertiary alicyclic amines) is 1. The summed E-state index contributed by atoms with van der Waals surface area (Å²) in [6.45, 7) is 4.86. The molecule has 0 bridgehead atoms. The first kappa shape index (κ1) is 12.7. The van der Waals surface area contributed by atoms with Crippen molar-refractivity contribution in [2.75, 3.05) is 31.5 Å². The highest BCUT2D eigenvalue weighted by molar-refractivity contribution is 5.53. The Kier molecular flexibility index (Phi) is 3.41. The molecule has 1 aliphatic carbocycles. The van der Waals surface area contributed by atoms with Crippen LogP contribution in [0.15, 0.2) is 24.3 Å². The predicted molar refractivity (Wildman–Crippen MR) is 83.1 cm³/mol. The monoisotopic (exact) mass is 271 g/mol. The standard InChI is InChI=1S/C17H25N3/c1-2-4-17-14(3-1)9-13(11-19-17)10-18-15-7-8-20(12-15)16-5-6-16/h1-4,13,15-16,18-19H,5-12H2. The van der Waals surface area contributed by atoms with Gasteiger partial charge < -0.3 is 10.6 Å². The lowest BCUT2D eigenvalue weighted by Crippen LogP contribution is -2.39. The smallest absolute Gasteiger partial charge is 0.0372 e. The van der Waals surface area contributed by atoms with E-state index in [4.69, 9.17) is 0 Å². The Hall–Kier alpha value is -1.06. The van der Waals surface area contributed by atoms with Crippen LogP contribution >= 0.6 is 0 Å². The van der Waals surface area contributed by atoms with Crippen LogP contribution in [0.3, 0.4) is 0 Å². The second-order valence-corrected chi connectivity index (χ2v) is 6.73. The van der Waals surface area contributed by atoms with Crippen molar-refractivity contribution in [2.45, 2.75) is 37.8 Å². The highest BCUT2D eigenvalue weighted by Crippen LogP contribution is 2.30. The van der Waals surface area contributed by atoms with Crippen molar-refractivity contribution >= 4 is 5.69 Å². The van der Waals surface area contributed by atoms with Gasteiger partial charge in [-0.1, -0.05) is 18.2 Å². The van der Waals surface area contributed by atoms with Crippen molar-refractivity contribution < 1.29 is 0 Å². The zero-order valence-electron chi connectivity index (χ0n) is 12.1. The van der Waals surface area contributed by atoms with Crippen LogP contribution in [0.2, 0.25) is 0 Å². The Balaban J connectivity index is 1.26. The van der Waals surface area contributed by atoms with Gasteiger partial charge in [-0.25, -0.2) is 0 Å². The van der Waals surface area contributed by atoms with Gasteiger partial charge in [0.05, 0.1) is 0 Å². The van der Waals surface area contributed by atoms with Crippen molar-refractivity contribution in [3.63, 3.8) is 0 Å². The molecule has 2 atom stereocenters. The van der Waals surface area contributed by atoms with Crippen molar-refractivity contribution in [3.05, 3.63) is 29.8 Å². The summed E-state index contributed by atoms with van der Waals surface area (Å²) in [6.07, 6.45) is 5.44. The number of hydrogen-bond acceptors (Lipinski definition) is 3. The SMILES string of the molecule is c1ccc2c(c1)CC(CNC1CCN(C3CC3)C1)CN2. The lowest BCUT2D eigenvalue weighted by Gasteiger charge is -2.27. The molecule has 2 unspecified atom stereocenters. The molecule has 0 spiro atoms. The fraction of sp³-hybridized carbons (Fsp3) is 0.647. The van der Waals surface area contributed by atoms with Crippen LogP contribution in [-0.4, -0.2) is 43.2 Å². The van der Waals surface area contributed by atoms with E-state index < -0.39 is 0 Å². The van der Waals surface area contributed by atoms with Crippen molar-refractivity contribution in [1.29, 1.82) is 0 Å². The molecule has 2 fully saturated rings. The van der Waals surface area contributed by atoms with Gasteiger partial charge >= 0.3 is 0 Å². The molecule has 20 heavy (non-hydrogen) atoms. The van der Waals surface area contributed by atoms with E-state index in [0.717, 1.165) is 31.1 Å². The summed E-state index contributed by atoms with van der Waals surface area (Å²) < 4.78 is 0. The molecule has 3 aliphatic rings. The molecule has 3 heteroatoms. The van der Waals surface area contributed by atoms with Crippen molar-refractivity contribution in [1.82, 2.24) is 10.2 Å². The molecule has 0 amide bonds. The first-order valence-corrected chi connectivity index (χ1v) is 8.18. The fourth-order valence-electron chi connectivity index (χ4n) is 3.71. The van der Waals surface area contributed by atoms with E-state index in [9.17, 15) is 0 Å². The number of anilines is 1. The molecule has 1 saturated heterocycles. The van der Waals surface area contributed by atoms with E-state index in [1.165, 1.54) is 50.0 Å². The van der Waals surface area contributed by atoms with E-state index in [1.54, 1.807) is 0 Å². The van der Waals surface area contributed by atoms with Crippen LogP contribution in [0, 0.1) is 5.92 Å². The van der Waals surface area contributed by atoms with E-state index in [-0.39, 0.29) is 0 Å². The van der Waals surface area contributed by atoms with Crippen LogP contribution in [0.25, 0.3) is 0 Å². The molecule has 3 nitrogen and oxygen atoms in total. The second-order valence-electron chi connectivity index (χ2n) is 6.73. The number of hydrogen-bond donors (Lipinski definition) is 2. The third kappa shape index (κ3) is 2.70. The summed E-state index contributed by atoms with van der Waals surface area (Å²) in [4.78, 5) is 2.69. The van der Waals surface area contributed by atoms with Crippen molar-refractivity contribution in [3.8, 4) is 0 Å². The molecule has 0 aromatic heterocycles. The quantitative estimate of drug-likeness (QED) is 0.878. The summed E-state index contributed by atoms with van der Waals surface area (Å²) in [6, 6.07) is 10.4. The molecule has 0 radical (unpaired) electrons. The van der Waals surface area contributed by atoms with Gasteiger partial charge in [-0.15, -0.1) is 0 Å². The lowest BCUT2D eigenvalue weighted by atomic mass is 9.94. The largest absolute Gasteiger partial charge is 0.384 e. The molecule has 1 aromatic rings. The summed E-state index contributed by atoms with van der Waals surface area (Å²) >= 11 is 0. The maximum atomic E-state index is 3.81. The van der Waals surface area contributed by atoms with E-state index >= 15 is 0 Å². The second kappa shape index (κ2) is 5.38. The summed E-state index contributed by atoms with van der Waals surface area (Å²) in [5, 5.41) is 7.39. The van der Waals surface area contributed by atoms with Crippen LogP contribution < -0.4 is 10.6 Å². The number of para-hydroxylation sites is 1. The van der Waals surface area contributed by atoms with E-state index in [1.807, 2.05) is 0 Å². The molecule has 1 aromatic carbocycles. The Labute approximate surface area is 121 Å². The van der Waals surface area contributed by atoms with Gasteiger partial charge in [-0.3, -0.25) is 4.90 Å². The molecule has 2 aliphatic heterocycles. The Bertz CT molecular complexity index is 469. The van der Waals surface area contributed by atoms with Crippen LogP contribution in [0.4, 0.5) is 5.69 Å². The lowest BCUT2D eigenvalue weighted by molar-refractivity contribution is 0.314.